The summed E-state index contributed by atoms with van der Waals surface area (Å²) in [6, 6.07) is 26.2. The third-order valence-electron chi connectivity index (χ3n) is 8.59. The summed E-state index contributed by atoms with van der Waals surface area (Å²) in [5, 5.41) is 11.5. The molecule has 3 heterocycles. The Morgan fingerprint density at radius 3 is 2.56 bits per heavy atom. The molecule has 0 radical (unpaired) electrons. The molecule has 7 heteroatoms. The number of fused-ring (bicyclic) bond motifs is 1. The number of carbonyl (C=O) groups excluding carboxylic acids is 1. The number of nitrogens with zero attached hydrogens (tertiary/aromatic N) is 4. The van der Waals surface area contributed by atoms with E-state index in [1.54, 1.807) is 11.9 Å². The van der Waals surface area contributed by atoms with Gasteiger partial charge in [0.05, 0.1) is 36.6 Å². The highest BCUT2D eigenvalue weighted by Crippen LogP contribution is 2.53. The summed E-state index contributed by atoms with van der Waals surface area (Å²) in [5.41, 5.74) is 3.12. The van der Waals surface area contributed by atoms with Crippen LogP contribution in [0.15, 0.2) is 79.0 Å². The van der Waals surface area contributed by atoms with E-state index in [-0.39, 0.29) is 23.3 Å². The van der Waals surface area contributed by atoms with Crippen molar-refractivity contribution < 1.29 is 14.3 Å². The molecular weight excluding hydrogens is 512 g/mol. The average Bonchev–Trinajstić information content (AvgIpc) is 3.56. The van der Waals surface area contributed by atoms with Gasteiger partial charge < -0.3 is 18.9 Å². The van der Waals surface area contributed by atoms with Crippen LogP contribution in [0.4, 0.5) is 5.69 Å². The van der Waals surface area contributed by atoms with Gasteiger partial charge >= 0.3 is 0 Å². The van der Waals surface area contributed by atoms with Crippen molar-refractivity contribution in [1.29, 1.82) is 5.26 Å². The normalized spacial score (nSPS) is 23.2. The first kappa shape index (κ1) is 27.2. The van der Waals surface area contributed by atoms with Crippen LogP contribution in [0.5, 0.6) is 0 Å². The standard InChI is InChI=1S/C34H36N4O3/c1-33(2)18-25(14-15-41-33)29-16-26-17-30(32(39)37(3)28-12-8-5-9-13-28)38(31(26)20-36-29)34(23-35)19-27(34)22-40-21-24-10-6-4-7-11-24/h4-13,16-17,20,25,27H,14-15,18-19,21-22H2,1-3H3/t25-,27+,34+/m0/s1. The van der Waals surface area contributed by atoms with Gasteiger partial charge in [0.1, 0.15) is 11.2 Å². The molecule has 1 amide bonds. The Morgan fingerprint density at radius 1 is 1.12 bits per heavy atom. The quantitative estimate of drug-likeness (QED) is 0.253. The summed E-state index contributed by atoms with van der Waals surface area (Å²) in [7, 11) is 1.78. The first-order valence-corrected chi connectivity index (χ1v) is 14.3. The first-order valence-electron chi connectivity index (χ1n) is 14.3. The lowest BCUT2D eigenvalue weighted by Gasteiger charge is -2.35. The molecule has 6 rings (SSSR count). The van der Waals surface area contributed by atoms with Crippen LogP contribution in [0.25, 0.3) is 10.9 Å². The molecule has 1 saturated heterocycles. The van der Waals surface area contributed by atoms with Gasteiger partial charge in [0.15, 0.2) is 0 Å². The van der Waals surface area contributed by atoms with Crippen LogP contribution in [0.2, 0.25) is 0 Å². The van der Waals surface area contributed by atoms with E-state index in [1.165, 1.54) is 0 Å². The lowest BCUT2D eigenvalue weighted by Crippen LogP contribution is -2.33. The molecule has 41 heavy (non-hydrogen) atoms. The number of carbonyl (C=O) groups is 1. The number of benzene rings is 2. The van der Waals surface area contributed by atoms with E-state index in [4.69, 9.17) is 14.5 Å². The molecule has 1 saturated carbocycles. The number of pyridine rings is 1. The van der Waals surface area contributed by atoms with E-state index in [2.05, 4.69) is 26.0 Å². The molecule has 2 aromatic heterocycles. The molecule has 2 fully saturated rings. The zero-order valence-electron chi connectivity index (χ0n) is 23.9. The number of aromatic nitrogens is 2. The highest BCUT2D eigenvalue weighted by Gasteiger charge is 2.58. The summed E-state index contributed by atoms with van der Waals surface area (Å²) in [6.45, 7) is 5.86. The van der Waals surface area contributed by atoms with E-state index >= 15 is 0 Å². The van der Waals surface area contributed by atoms with Crippen molar-refractivity contribution in [2.24, 2.45) is 5.92 Å². The van der Waals surface area contributed by atoms with E-state index in [9.17, 15) is 10.1 Å². The lowest BCUT2D eigenvalue weighted by atomic mass is 9.86. The monoisotopic (exact) mass is 548 g/mol. The first-order chi connectivity index (χ1) is 19.8. The molecule has 0 unspecified atom stereocenters. The second-order valence-corrected chi connectivity index (χ2v) is 12.0. The SMILES string of the molecule is CN(C(=O)c1cc2cc([C@H]3CCOC(C)(C)C3)ncc2n1[C@@]1(C#N)C[C@@H]1COCc1ccccc1)c1ccccc1. The van der Waals surface area contributed by atoms with E-state index in [0.717, 1.165) is 40.7 Å². The van der Waals surface area contributed by atoms with Gasteiger partial charge in [-0.1, -0.05) is 48.5 Å². The fraction of sp³-hybridized carbons (Fsp3) is 0.382. The van der Waals surface area contributed by atoms with Gasteiger partial charge in [-0.05, 0) is 62.9 Å². The van der Waals surface area contributed by atoms with Crippen molar-refractivity contribution in [1.82, 2.24) is 9.55 Å². The fourth-order valence-corrected chi connectivity index (χ4v) is 6.23. The minimum absolute atomic E-state index is 0.0311. The van der Waals surface area contributed by atoms with E-state index in [1.807, 2.05) is 77.5 Å². The van der Waals surface area contributed by atoms with Gasteiger partial charge in [0, 0.05) is 42.3 Å². The van der Waals surface area contributed by atoms with Crippen LogP contribution < -0.4 is 4.90 Å². The molecule has 0 spiro atoms. The number of hydrogen-bond acceptors (Lipinski definition) is 5. The maximum Gasteiger partial charge on any atom is 0.274 e. The van der Waals surface area contributed by atoms with Crippen molar-refractivity contribution in [3.05, 3.63) is 95.9 Å². The minimum atomic E-state index is -0.870. The molecule has 7 nitrogen and oxygen atoms in total. The molecular formula is C34H36N4O3. The van der Waals surface area contributed by atoms with Crippen molar-refractivity contribution in [3.63, 3.8) is 0 Å². The lowest BCUT2D eigenvalue weighted by molar-refractivity contribution is -0.0597. The Labute approximate surface area is 241 Å². The number of anilines is 1. The van der Waals surface area contributed by atoms with Crippen LogP contribution in [-0.4, -0.2) is 41.3 Å². The summed E-state index contributed by atoms with van der Waals surface area (Å²) in [5.74, 6) is 0.0885. The van der Waals surface area contributed by atoms with Crippen LogP contribution in [-0.2, 0) is 21.6 Å². The zero-order valence-corrected chi connectivity index (χ0v) is 23.9. The Kier molecular flexibility index (Phi) is 7.14. The summed E-state index contributed by atoms with van der Waals surface area (Å²) in [4.78, 5) is 20.6. The van der Waals surface area contributed by atoms with Crippen molar-refractivity contribution in [2.75, 3.05) is 25.2 Å². The summed E-state index contributed by atoms with van der Waals surface area (Å²) in [6.07, 6.45) is 4.27. The molecule has 0 bridgehead atoms. The van der Waals surface area contributed by atoms with Crippen molar-refractivity contribution >= 4 is 22.5 Å². The molecule has 2 aromatic carbocycles. The highest BCUT2D eigenvalue weighted by atomic mass is 16.5. The minimum Gasteiger partial charge on any atom is -0.376 e. The van der Waals surface area contributed by atoms with E-state index < -0.39 is 5.54 Å². The molecule has 210 valence electrons. The van der Waals surface area contributed by atoms with Gasteiger partial charge in [0.25, 0.3) is 5.91 Å². The number of rotatable bonds is 8. The van der Waals surface area contributed by atoms with Crippen LogP contribution in [0.3, 0.4) is 0 Å². The smallest absolute Gasteiger partial charge is 0.274 e. The maximum absolute atomic E-state index is 14.0. The topological polar surface area (TPSA) is 80.4 Å². The van der Waals surface area contributed by atoms with Gasteiger partial charge in [-0.15, -0.1) is 0 Å². The average molecular weight is 549 g/mol. The van der Waals surface area contributed by atoms with Crippen molar-refractivity contribution in [3.8, 4) is 6.07 Å². The van der Waals surface area contributed by atoms with Crippen LogP contribution in [0, 0.1) is 17.2 Å². The van der Waals surface area contributed by atoms with Crippen LogP contribution >= 0.6 is 0 Å². The number of amides is 1. The molecule has 1 aliphatic heterocycles. The zero-order chi connectivity index (χ0) is 28.6. The molecule has 3 atom stereocenters. The second-order valence-electron chi connectivity index (χ2n) is 12.0. The second kappa shape index (κ2) is 10.8. The van der Waals surface area contributed by atoms with Crippen molar-refractivity contribution in [2.45, 2.75) is 56.8 Å². The molecule has 4 aromatic rings. The van der Waals surface area contributed by atoms with Gasteiger partial charge in [-0.2, -0.15) is 5.26 Å². The predicted molar refractivity (Wildman–Crippen MR) is 159 cm³/mol. The Bertz CT molecular complexity index is 1590. The number of nitriles is 1. The largest absolute Gasteiger partial charge is 0.376 e. The summed E-state index contributed by atoms with van der Waals surface area (Å²) >= 11 is 0. The predicted octanol–water partition coefficient (Wildman–Crippen LogP) is 6.44. The number of hydrogen-bond donors (Lipinski definition) is 0. The molecule has 0 N–H and O–H groups in total. The number of ether oxygens (including phenoxy) is 2. The molecule has 1 aliphatic carbocycles. The third-order valence-corrected chi connectivity index (χ3v) is 8.59. The molecule has 2 aliphatic rings. The fourth-order valence-electron chi connectivity index (χ4n) is 6.23. The number of para-hydroxylation sites is 1. The van der Waals surface area contributed by atoms with Gasteiger partial charge in [-0.25, -0.2) is 0 Å². The Balaban J connectivity index is 1.36. The third kappa shape index (κ3) is 5.26. The summed E-state index contributed by atoms with van der Waals surface area (Å²) < 4.78 is 13.9. The van der Waals surface area contributed by atoms with E-state index in [0.29, 0.717) is 31.9 Å². The Hall–Kier alpha value is -3.99. The highest BCUT2D eigenvalue weighted by molar-refractivity contribution is 6.08. The van der Waals surface area contributed by atoms with Gasteiger partial charge in [0.2, 0.25) is 0 Å². The maximum atomic E-state index is 14.0. The van der Waals surface area contributed by atoms with Crippen LogP contribution in [0.1, 0.15) is 60.8 Å². The van der Waals surface area contributed by atoms with Gasteiger partial charge in [-0.3, -0.25) is 9.78 Å². The Morgan fingerprint density at radius 2 is 1.85 bits per heavy atom.